The molecule has 0 radical (unpaired) electrons. The van der Waals surface area contributed by atoms with E-state index in [9.17, 15) is 8.42 Å². The number of methoxy groups -OCH3 is 1. The van der Waals surface area contributed by atoms with Crippen molar-refractivity contribution in [2.45, 2.75) is 17.6 Å². The van der Waals surface area contributed by atoms with Crippen molar-refractivity contribution in [1.29, 1.82) is 0 Å². The molecule has 10 heteroatoms. The van der Waals surface area contributed by atoms with Crippen LogP contribution in [0, 0.1) is 0 Å². The van der Waals surface area contributed by atoms with Gasteiger partial charge in [-0.1, -0.05) is 41.9 Å². The molecular weight excluding hydrogens is 468 g/mol. The van der Waals surface area contributed by atoms with E-state index in [1.807, 2.05) is 53.9 Å². The minimum atomic E-state index is -3.70. The van der Waals surface area contributed by atoms with Gasteiger partial charge in [-0.05, 0) is 47.7 Å². The summed E-state index contributed by atoms with van der Waals surface area (Å²) in [5, 5.41) is 10.5. The molecule has 1 aliphatic rings. The molecule has 0 aliphatic heterocycles. The number of hydrogen-bond donors (Lipinski definition) is 1. The van der Waals surface area contributed by atoms with Crippen LogP contribution >= 0.6 is 22.9 Å². The van der Waals surface area contributed by atoms with Crippen molar-refractivity contribution in [3.05, 3.63) is 76.6 Å². The number of benzene rings is 2. The molecule has 2 atom stereocenters. The van der Waals surface area contributed by atoms with Gasteiger partial charge in [0, 0.05) is 10.9 Å². The minimum Gasteiger partial charge on any atom is -0.495 e. The summed E-state index contributed by atoms with van der Waals surface area (Å²) in [6.45, 7) is 0. The Morgan fingerprint density at radius 3 is 2.59 bits per heavy atom. The molecular formula is C22H19ClN4O3S2. The Hall–Kier alpha value is -2.88. The number of para-hydroxylation sites is 2. The summed E-state index contributed by atoms with van der Waals surface area (Å²) in [6.07, 6.45) is 0.539. The Bertz CT molecular complexity index is 1350. The number of sulfonamides is 1. The molecule has 0 spiro atoms. The third-order valence-corrected chi connectivity index (χ3v) is 8.30. The highest BCUT2D eigenvalue weighted by Crippen LogP contribution is 2.46. The van der Waals surface area contributed by atoms with Gasteiger partial charge in [-0.2, -0.15) is 0 Å². The molecule has 4 aromatic rings. The summed E-state index contributed by atoms with van der Waals surface area (Å²) in [5.41, 5.74) is 1.60. The first kappa shape index (κ1) is 21.0. The largest absolute Gasteiger partial charge is 0.495 e. The highest BCUT2D eigenvalue weighted by atomic mass is 35.5. The second kappa shape index (κ2) is 8.23. The smallest absolute Gasteiger partial charge is 0.243 e. The standard InChI is InChI=1S/C22H19ClN4O3S2/c1-30-18-6-3-2-5-17(18)27-21(19-7-4-12-31-19)24-25-22(27)26-32(28,29)20-13-16(20)14-8-10-15(23)11-9-14/h2-12,16,20H,13H2,1H3,(H,25,26)/t16-,20+/m0/s1. The molecule has 2 aromatic heterocycles. The summed E-state index contributed by atoms with van der Waals surface area (Å²) >= 11 is 7.45. The van der Waals surface area contributed by atoms with Crippen molar-refractivity contribution in [3.8, 4) is 22.1 Å². The maximum absolute atomic E-state index is 13.2. The second-order valence-electron chi connectivity index (χ2n) is 7.41. The van der Waals surface area contributed by atoms with Gasteiger partial charge >= 0.3 is 0 Å². The molecule has 1 N–H and O–H groups in total. The van der Waals surface area contributed by atoms with Crippen LogP contribution in [0.4, 0.5) is 5.95 Å². The minimum absolute atomic E-state index is 0.0795. The number of rotatable bonds is 7. The number of hydrogen-bond acceptors (Lipinski definition) is 6. The van der Waals surface area contributed by atoms with E-state index in [4.69, 9.17) is 16.3 Å². The van der Waals surface area contributed by atoms with Gasteiger partial charge in [-0.3, -0.25) is 9.29 Å². The fourth-order valence-electron chi connectivity index (χ4n) is 3.74. The Balaban J connectivity index is 1.51. The SMILES string of the molecule is COc1ccccc1-n1c(NS(=O)(=O)[C@@H]2C[C@H]2c2ccc(Cl)cc2)nnc1-c1cccs1. The summed E-state index contributed by atoms with van der Waals surface area (Å²) < 4.78 is 36.3. The molecule has 0 saturated heterocycles. The van der Waals surface area contributed by atoms with E-state index in [1.54, 1.807) is 23.8 Å². The first-order chi connectivity index (χ1) is 15.5. The first-order valence-corrected chi connectivity index (χ1v) is 12.7. The molecule has 164 valence electrons. The number of aromatic nitrogens is 3. The van der Waals surface area contributed by atoms with Gasteiger partial charge in [-0.15, -0.1) is 21.5 Å². The van der Waals surface area contributed by atoms with Crippen LogP contribution in [0.25, 0.3) is 16.4 Å². The topological polar surface area (TPSA) is 86.1 Å². The van der Waals surface area contributed by atoms with Crippen molar-refractivity contribution in [2.24, 2.45) is 0 Å². The van der Waals surface area contributed by atoms with Crippen LogP contribution in [0.15, 0.2) is 66.0 Å². The average molecular weight is 487 g/mol. The Morgan fingerprint density at radius 1 is 1.09 bits per heavy atom. The number of nitrogens with zero attached hydrogens (tertiary/aromatic N) is 3. The lowest BCUT2D eigenvalue weighted by Crippen LogP contribution is -2.21. The van der Waals surface area contributed by atoms with Crippen LogP contribution in [0.3, 0.4) is 0 Å². The van der Waals surface area contributed by atoms with Gasteiger partial charge in [0.05, 0.1) is 22.9 Å². The van der Waals surface area contributed by atoms with Gasteiger partial charge < -0.3 is 4.74 Å². The van der Waals surface area contributed by atoms with Crippen molar-refractivity contribution < 1.29 is 13.2 Å². The van der Waals surface area contributed by atoms with Gasteiger partial charge in [0.1, 0.15) is 5.75 Å². The zero-order valence-electron chi connectivity index (χ0n) is 17.0. The van der Waals surface area contributed by atoms with Crippen LogP contribution in [0.5, 0.6) is 5.75 Å². The van der Waals surface area contributed by atoms with Crippen LogP contribution in [-0.4, -0.2) is 35.5 Å². The third-order valence-electron chi connectivity index (χ3n) is 5.39. The Morgan fingerprint density at radius 2 is 1.88 bits per heavy atom. The molecule has 2 heterocycles. The molecule has 32 heavy (non-hydrogen) atoms. The maximum Gasteiger partial charge on any atom is 0.243 e. The summed E-state index contributed by atoms with van der Waals surface area (Å²) in [7, 11) is -2.13. The fraction of sp³-hybridized carbons (Fsp3) is 0.182. The van der Waals surface area contributed by atoms with Crippen molar-refractivity contribution in [3.63, 3.8) is 0 Å². The predicted octanol–water partition coefficient (Wildman–Crippen LogP) is 4.96. The zero-order chi connectivity index (χ0) is 22.3. The van der Waals surface area contributed by atoms with Crippen molar-refractivity contribution in [2.75, 3.05) is 11.8 Å². The normalized spacial score (nSPS) is 17.8. The molecule has 0 amide bonds. The van der Waals surface area contributed by atoms with E-state index in [0.717, 1.165) is 10.4 Å². The zero-order valence-corrected chi connectivity index (χ0v) is 19.4. The van der Waals surface area contributed by atoms with Gasteiger partial charge in [0.2, 0.25) is 16.0 Å². The van der Waals surface area contributed by atoms with Crippen LogP contribution < -0.4 is 9.46 Å². The Labute approximate surface area is 194 Å². The number of nitrogens with one attached hydrogen (secondary N) is 1. The molecule has 5 rings (SSSR count). The van der Waals surface area contributed by atoms with E-state index in [-0.39, 0.29) is 11.9 Å². The lowest BCUT2D eigenvalue weighted by atomic mass is 10.1. The molecule has 1 fully saturated rings. The van der Waals surface area contributed by atoms with E-state index < -0.39 is 15.3 Å². The van der Waals surface area contributed by atoms with Crippen molar-refractivity contribution >= 4 is 38.9 Å². The molecule has 2 aromatic carbocycles. The number of thiophene rings is 1. The Kier molecular flexibility index (Phi) is 5.40. The lowest BCUT2D eigenvalue weighted by molar-refractivity contribution is 0.413. The molecule has 0 bridgehead atoms. The average Bonchev–Trinajstić information content (AvgIpc) is 3.24. The quantitative estimate of drug-likeness (QED) is 0.399. The number of anilines is 1. The van der Waals surface area contributed by atoms with Gasteiger partial charge in [0.25, 0.3) is 0 Å². The maximum atomic E-state index is 13.2. The predicted molar refractivity (Wildman–Crippen MR) is 126 cm³/mol. The summed E-state index contributed by atoms with van der Waals surface area (Å²) in [6, 6.07) is 18.5. The van der Waals surface area contributed by atoms with Crippen LogP contribution in [-0.2, 0) is 10.0 Å². The van der Waals surface area contributed by atoms with E-state index >= 15 is 0 Å². The number of halogens is 1. The summed E-state index contributed by atoms with van der Waals surface area (Å²) in [4.78, 5) is 0.860. The first-order valence-electron chi connectivity index (χ1n) is 9.87. The van der Waals surface area contributed by atoms with E-state index in [1.165, 1.54) is 11.3 Å². The highest BCUT2D eigenvalue weighted by molar-refractivity contribution is 7.93. The van der Waals surface area contributed by atoms with Crippen LogP contribution in [0.1, 0.15) is 17.9 Å². The highest BCUT2D eigenvalue weighted by Gasteiger charge is 2.48. The molecule has 0 unspecified atom stereocenters. The van der Waals surface area contributed by atoms with E-state index in [2.05, 4.69) is 14.9 Å². The molecule has 1 aliphatic carbocycles. The number of ether oxygens (including phenoxy) is 1. The molecule has 1 saturated carbocycles. The monoisotopic (exact) mass is 486 g/mol. The van der Waals surface area contributed by atoms with Crippen LogP contribution in [0.2, 0.25) is 5.02 Å². The lowest BCUT2D eigenvalue weighted by Gasteiger charge is -2.14. The second-order valence-corrected chi connectivity index (χ2v) is 10.7. The van der Waals surface area contributed by atoms with E-state index in [0.29, 0.717) is 28.7 Å². The third kappa shape index (κ3) is 3.87. The van der Waals surface area contributed by atoms with Crippen molar-refractivity contribution in [1.82, 2.24) is 14.8 Å². The molecule has 7 nitrogen and oxygen atoms in total. The van der Waals surface area contributed by atoms with Gasteiger partial charge in [0.15, 0.2) is 5.82 Å². The fourth-order valence-corrected chi connectivity index (χ4v) is 6.15. The summed E-state index contributed by atoms with van der Waals surface area (Å²) in [5.74, 6) is 1.16. The van der Waals surface area contributed by atoms with Gasteiger partial charge in [-0.25, -0.2) is 8.42 Å².